The lowest BCUT2D eigenvalue weighted by Gasteiger charge is -2.30. The maximum Gasteiger partial charge on any atom is 0.157 e. The van der Waals surface area contributed by atoms with Crippen molar-refractivity contribution in [1.82, 2.24) is 0 Å². The van der Waals surface area contributed by atoms with Gasteiger partial charge in [0, 0.05) is 12.0 Å². The molecule has 0 spiro atoms. The van der Waals surface area contributed by atoms with Crippen LogP contribution in [0, 0.1) is 5.92 Å². The lowest BCUT2D eigenvalue weighted by atomic mass is 9.86. The van der Waals surface area contributed by atoms with E-state index >= 15 is 0 Å². The lowest BCUT2D eigenvalue weighted by molar-refractivity contribution is -0.162. The standard InChI is InChI=1S/C10H21NO2/c1-7(2)13-10(12)8-3-5-9(11)6-4-8/h7-10,12H,3-6,11H2,1-2H3. The zero-order valence-corrected chi connectivity index (χ0v) is 8.57. The first-order valence-electron chi connectivity index (χ1n) is 5.18. The predicted octanol–water partition coefficient (Wildman–Crippen LogP) is 1.25. The van der Waals surface area contributed by atoms with Crippen LogP contribution in [0.1, 0.15) is 39.5 Å². The monoisotopic (exact) mass is 187 g/mol. The SMILES string of the molecule is CC(C)OC(O)C1CCC(N)CC1. The van der Waals surface area contributed by atoms with Crippen LogP contribution in [-0.2, 0) is 4.74 Å². The van der Waals surface area contributed by atoms with Gasteiger partial charge in [-0.25, -0.2) is 0 Å². The van der Waals surface area contributed by atoms with E-state index in [0.29, 0.717) is 12.0 Å². The lowest BCUT2D eigenvalue weighted by Crippen LogP contribution is -2.34. The molecule has 13 heavy (non-hydrogen) atoms. The average Bonchev–Trinajstić information content (AvgIpc) is 2.04. The summed E-state index contributed by atoms with van der Waals surface area (Å²) in [4.78, 5) is 0. The van der Waals surface area contributed by atoms with Gasteiger partial charge in [0.05, 0.1) is 6.10 Å². The molecule has 0 aromatic rings. The molecule has 0 aromatic carbocycles. The van der Waals surface area contributed by atoms with E-state index in [4.69, 9.17) is 10.5 Å². The topological polar surface area (TPSA) is 55.5 Å². The third-order valence-corrected chi connectivity index (χ3v) is 2.63. The van der Waals surface area contributed by atoms with Gasteiger partial charge in [0.2, 0.25) is 0 Å². The highest BCUT2D eigenvalue weighted by Crippen LogP contribution is 2.26. The Balaban J connectivity index is 2.27. The van der Waals surface area contributed by atoms with Gasteiger partial charge in [0.1, 0.15) is 0 Å². The number of hydrogen-bond donors (Lipinski definition) is 2. The highest BCUT2D eigenvalue weighted by Gasteiger charge is 2.25. The van der Waals surface area contributed by atoms with Crippen LogP contribution in [0.3, 0.4) is 0 Å². The third kappa shape index (κ3) is 3.63. The largest absolute Gasteiger partial charge is 0.368 e. The molecule has 0 amide bonds. The van der Waals surface area contributed by atoms with Gasteiger partial charge in [-0.15, -0.1) is 0 Å². The number of aliphatic hydroxyl groups is 1. The van der Waals surface area contributed by atoms with Crippen LogP contribution in [-0.4, -0.2) is 23.5 Å². The minimum Gasteiger partial charge on any atom is -0.368 e. The Morgan fingerprint density at radius 1 is 1.23 bits per heavy atom. The summed E-state index contributed by atoms with van der Waals surface area (Å²) in [5, 5.41) is 9.67. The molecule has 1 aliphatic carbocycles. The summed E-state index contributed by atoms with van der Waals surface area (Å²) in [7, 11) is 0. The van der Waals surface area contributed by atoms with E-state index in [0.717, 1.165) is 25.7 Å². The number of aliphatic hydroxyl groups excluding tert-OH is 1. The van der Waals surface area contributed by atoms with Gasteiger partial charge in [-0.2, -0.15) is 0 Å². The second kappa shape index (κ2) is 4.94. The van der Waals surface area contributed by atoms with Gasteiger partial charge in [-0.1, -0.05) is 0 Å². The number of rotatable bonds is 3. The minimum absolute atomic E-state index is 0.102. The highest BCUT2D eigenvalue weighted by atomic mass is 16.6. The molecule has 0 saturated heterocycles. The van der Waals surface area contributed by atoms with Crippen molar-refractivity contribution in [2.75, 3.05) is 0 Å². The van der Waals surface area contributed by atoms with Crippen molar-refractivity contribution in [2.45, 2.75) is 58.0 Å². The van der Waals surface area contributed by atoms with Gasteiger partial charge in [0.15, 0.2) is 6.29 Å². The average molecular weight is 187 g/mol. The van der Waals surface area contributed by atoms with Gasteiger partial charge in [-0.3, -0.25) is 0 Å². The quantitative estimate of drug-likeness (QED) is 0.654. The van der Waals surface area contributed by atoms with E-state index < -0.39 is 6.29 Å². The molecule has 1 saturated carbocycles. The second-order valence-corrected chi connectivity index (χ2v) is 4.25. The first-order valence-corrected chi connectivity index (χ1v) is 5.18. The Hall–Kier alpha value is -0.120. The van der Waals surface area contributed by atoms with Crippen molar-refractivity contribution in [2.24, 2.45) is 11.7 Å². The summed E-state index contributed by atoms with van der Waals surface area (Å²) >= 11 is 0. The van der Waals surface area contributed by atoms with Crippen molar-refractivity contribution in [1.29, 1.82) is 0 Å². The predicted molar refractivity (Wildman–Crippen MR) is 52.2 cm³/mol. The summed E-state index contributed by atoms with van der Waals surface area (Å²) in [6, 6.07) is 0.336. The zero-order valence-electron chi connectivity index (χ0n) is 8.57. The van der Waals surface area contributed by atoms with Crippen molar-refractivity contribution in [3.63, 3.8) is 0 Å². The van der Waals surface area contributed by atoms with Crippen molar-refractivity contribution >= 4 is 0 Å². The number of ether oxygens (including phenoxy) is 1. The first kappa shape index (κ1) is 11.0. The van der Waals surface area contributed by atoms with Crippen LogP contribution in [0.25, 0.3) is 0 Å². The minimum atomic E-state index is -0.590. The van der Waals surface area contributed by atoms with Crippen LogP contribution in [0.15, 0.2) is 0 Å². The Morgan fingerprint density at radius 3 is 2.23 bits per heavy atom. The fourth-order valence-electron chi connectivity index (χ4n) is 1.82. The second-order valence-electron chi connectivity index (χ2n) is 4.25. The Bertz CT molecular complexity index is 142. The molecule has 0 radical (unpaired) electrons. The normalized spacial score (nSPS) is 32.1. The van der Waals surface area contributed by atoms with Gasteiger partial charge < -0.3 is 15.6 Å². The fourth-order valence-corrected chi connectivity index (χ4v) is 1.82. The van der Waals surface area contributed by atoms with E-state index in [-0.39, 0.29) is 6.10 Å². The smallest absolute Gasteiger partial charge is 0.157 e. The summed E-state index contributed by atoms with van der Waals surface area (Å²) in [6.07, 6.45) is 3.54. The van der Waals surface area contributed by atoms with Crippen molar-refractivity contribution < 1.29 is 9.84 Å². The molecule has 0 bridgehead atoms. The zero-order chi connectivity index (χ0) is 9.84. The molecule has 1 aliphatic rings. The number of hydrogen-bond acceptors (Lipinski definition) is 3. The Kier molecular flexibility index (Phi) is 4.16. The van der Waals surface area contributed by atoms with E-state index in [9.17, 15) is 5.11 Å². The molecule has 1 fully saturated rings. The van der Waals surface area contributed by atoms with Crippen molar-refractivity contribution in [3.05, 3.63) is 0 Å². The molecule has 1 rings (SSSR count). The molecular weight excluding hydrogens is 166 g/mol. The van der Waals surface area contributed by atoms with Crippen LogP contribution >= 0.6 is 0 Å². The van der Waals surface area contributed by atoms with Gasteiger partial charge in [-0.05, 0) is 39.5 Å². The van der Waals surface area contributed by atoms with Crippen LogP contribution < -0.4 is 5.73 Å². The maximum absolute atomic E-state index is 9.67. The Morgan fingerprint density at radius 2 is 1.77 bits per heavy atom. The first-order chi connectivity index (χ1) is 6.09. The molecule has 3 nitrogen and oxygen atoms in total. The van der Waals surface area contributed by atoms with Crippen LogP contribution in [0.4, 0.5) is 0 Å². The summed E-state index contributed by atoms with van der Waals surface area (Å²) < 4.78 is 5.34. The number of nitrogens with two attached hydrogens (primary N) is 1. The Labute approximate surface area is 80.3 Å². The molecule has 1 unspecified atom stereocenters. The van der Waals surface area contributed by atoms with E-state index in [1.165, 1.54) is 0 Å². The molecule has 78 valence electrons. The van der Waals surface area contributed by atoms with Crippen LogP contribution in [0.5, 0.6) is 0 Å². The van der Waals surface area contributed by atoms with Crippen molar-refractivity contribution in [3.8, 4) is 0 Å². The molecule has 3 heteroatoms. The summed E-state index contributed by atoms with van der Waals surface area (Å²) in [6.45, 7) is 3.88. The third-order valence-electron chi connectivity index (χ3n) is 2.63. The van der Waals surface area contributed by atoms with Gasteiger partial charge >= 0.3 is 0 Å². The molecule has 0 aliphatic heterocycles. The molecule has 1 atom stereocenters. The summed E-state index contributed by atoms with van der Waals surface area (Å²) in [5.74, 6) is 0.294. The van der Waals surface area contributed by atoms with Gasteiger partial charge in [0.25, 0.3) is 0 Å². The van der Waals surface area contributed by atoms with E-state index in [1.54, 1.807) is 0 Å². The molecule has 0 aromatic heterocycles. The molecule has 3 N–H and O–H groups in total. The molecule has 0 heterocycles. The fraction of sp³-hybridized carbons (Fsp3) is 1.00. The summed E-state index contributed by atoms with van der Waals surface area (Å²) in [5.41, 5.74) is 5.78. The molecular formula is C10H21NO2. The van der Waals surface area contributed by atoms with Crippen LogP contribution in [0.2, 0.25) is 0 Å². The van der Waals surface area contributed by atoms with E-state index in [2.05, 4.69) is 0 Å². The highest BCUT2D eigenvalue weighted by molar-refractivity contribution is 4.75. The maximum atomic E-state index is 9.67. The van der Waals surface area contributed by atoms with E-state index in [1.807, 2.05) is 13.8 Å².